The minimum atomic E-state index is -1.70. The second-order valence-electron chi connectivity index (χ2n) is 6.34. The highest BCUT2D eigenvalue weighted by Gasteiger charge is 2.36. The van der Waals surface area contributed by atoms with Crippen LogP contribution in [0.25, 0.3) is 0 Å². The molecule has 1 aromatic heterocycles. The lowest BCUT2D eigenvalue weighted by molar-refractivity contribution is 0.242. The Morgan fingerprint density at radius 3 is 2.42 bits per heavy atom. The molecule has 0 radical (unpaired) electrons. The monoisotopic (exact) mass is 396 g/mol. The van der Waals surface area contributed by atoms with Crippen molar-refractivity contribution in [2.45, 2.75) is 59.0 Å². The van der Waals surface area contributed by atoms with Gasteiger partial charge in [0.1, 0.15) is 0 Å². The molecule has 0 aromatic carbocycles. The molecule has 0 aliphatic rings. The highest BCUT2D eigenvalue weighted by molar-refractivity contribution is 14.1. The normalized spacial score (nSPS) is 13.1. The van der Waals surface area contributed by atoms with Crippen LogP contribution in [0.15, 0.2) is 0 Å². The van der Waals surface area contributed by atoms with Crippen LogP contribution in [-0.4, -0.2) is 29.8 Å². The maximum Gasteiger partial charge on any atom is 0.192 e. The highest BCUT2D eigenvalue weighted by Crippen LogP contribution is 2.36. The molecule has 0 aliphatic carbocycles. The summed E-state index contributed by atoms with van der Waals surface area (Å²) in [6.07, 6.45) is 0. The van der Waals surface area contributed by atoms with Crippen LogP contribution in [0.2, 0.25) is 18.1 Å². The molecule has 1 rings (SSSR count). The summed E-state index contributed by atoms with van der Waals surface area (Å²) >= 11 is 2.23. The van der Waals surface area contributed by atoms with Gasteiger partial charge in [0.2, 0.25) is 0 Å². The summed E-state index contributed by atoms with van der Waals surface area (Å²) in [4.78, 5) is 0. The second-order valence-corrected chi connectivity index (χ2v) is 12.2. The quantitative estimate of drug-likeness (QED) is 0.614. The van der Waals surface area contributed by atoms with Crippen LogP contribution in [-0.2, 0) is 17.6 Å². The van der Waals surface area contributed by atoms with E-state index in [-0.39, 0.29) is 11.6 Å². The van der Waals surface area contributed by atoms with Gasteiger partial charge in [-0.25, -0.2) is 0 Å². The summed E-state index contributed by atoms with van der Waals surface area (Å²) < 4.78 is 9.05. The molecule has 0 atom stereocenters. The first kappa shape index (κ1) is 17.1. The van der Waals surface area contributed by atoms with E-state index in [4.69, 9.17) is 4.43 Å². The van der Waals surface area contributed by atoms with Crippen molar-refractivity contribution in [3.63, 3.8) is 0 Å². The largest absolute Gasteiger partial charge is 0.415 e. The van der Waals surface area contributed by atoms with Gasteiger partial charge >= 0.3 is 0 Å². The van der Waals surface area contributed by atoms with E-state index < -0.39 is 8.32 Å². The van der Waals surface area contributed by atoms with Crippen molar-refractivity contribution in [2.24, 2.45) is 0 Å². The van der Waals surface area contributed by atoms with Crippen molar-refractivity contribution in [1.29, 1.82) is 0 Å². The Hall–Kier alpha value is 0.0769. The van der Waals surface area contributed by atoms with E-state index in [1.165, 1.54) is 0 Å². The number of halogens is 1. The third-order valence-electron chi connectivity index (χ3n) is 3.88. The molecule has 0 unspecified atom stereocenters. The molecule has 0 amide bonds. The fourth-order valence-corrected chi connectivity index (χ4v) is 3.14. The summed E-state index contributed by atoms with van der Waals surface area (Å²) in [6.45, 7) is 14.5. The van der Waals surface area contributed by atoms with Crippen LogP contribution in [0.4, 0.5) is 0 Å². The number of hydrogen-bond donors (Lipinski definition) is 1. The lowest BCUT2D eigenvalue weighted by atomic mass is 10.2. The standard InChI is InChI=1S/C13H25IN2O2Si/c1-10-12(14)11(9-17)16(15-10)7-8-18-19(5,6)13(2,3)4/h17H,7-9H2,1-6H3. The molecule has 0 saturated heterocycles. The van der Waals surface area contributed by atoms with Gasteiger partial charge in [-0.15, -0.1) is 0 Å². The van der Waals surface area contributed by atoms with Crippen LogP contribution >= 0.6 is 22.6 Å². The molecule has 1 N–H and O–H groups in total. The third kappa shape index (κ3) is 4.02. The minimum Gasteiger partial charge on any atom is -0.415 e. The number of aliphatic hydroxyl groups excluding tert-OH is 1. The Labute approximate surface area is 130 Å². The predicted molar refractivity (Wildman–Crippen MR) is 88.8 cm³/mol. The Balaban J connectivity index is 2.66. The number of rotatable bonds is 5. The zero-order chi connectivity index (χ0) is 14.8. The molecule has 0 saturated carbocycles. The van der Waals surface area contributed by atoms with Crippen LogP contribution in [0.3, 0.4) is 0 Å². The van der Waals surface area contributed by atoms with Gasteiger partial charge in [0.15, 0.2) is 8.32 Å². The maximum atomic E-state index is 9.40. The average molecular weight is 396 g/mol. The molecule has 6 heteroatoms. The average Bonchev–Trinajstić information content (AvgIpc) is 2.52. The van der Waals surface area contributed by atoms with E-state index in [1.54, 1.807) is 0 Å². The molecule has 0 fully saturated rings. The fraction of sp³-hybridized carbons (Fsp3) is 0.769. The number of aryl methyl sites for hydroxylation is 1. The fourth-order valence-electron chi connectivity index (χ4n) is 1.55. The van der Waals surface area contributed by atoms with Gasteiger partial charge in [0, 0.05) is 0 Å². The highest BCUT2D eigenvalue weighted by atomic mass is 127. The number of hydrogen-bond acceptors (Lipinski definition) is 3. The van der Waals surface area contributed by atoms with E-state index in [9.17, 15) is 5.11 Å². The van der Waals surface area contributed by atoms with Crippen LogP contribution in [0.5, 0.6) is 0 Å². The lowest BCUT2D eigenvalue weighted by Gasteiger charge is -2.36. The molecular formula is C13H25IN2O2Si. The molecule has 1 heterocycles. The van der Waals surface area contributed by atoms with Crippen molar-refractivity contribution in [1.82, 2.24) is 9.78 Å². The first-order valence-electron chi connectivity index (χ1n) is 6.57. The molecule has 0 aliphatic heterocycles. The summed E-state index contributed by atoms with van der Waals surface area (Å²) in [5.74, 6) is 0. The minimum absolute atomic E-state index is 0.0270. The zero-order valence-corrected chi connectivity index (χ0v) is 15.9. The molecule has 19 heavy (non-hydrogen) atoms. The van der Waals surface area contributed by atoms with E-state index in [0.717, 1.165) is 15.0 Å². The molecule has 110 valence electrons. The third-order valence-corrected chi connectivity index (χ3v) is 9.82. The van der Waals surface area contributed by atoms with Crippen LogP contribution < -0.4 is 0 Å². The number of nitrogens with zero attached hydrogens (tertiary/aromatic N) is 2. The maximum absolute atomic E-state index is 9.40. The van der Waals surface area contributed by atoms with Gasteiger partial charge in [0.05, 0.1) is 34.7 Å². The smallest absolute Gasteiger partial charge is 0.192 e. The summed E-state index contributed by atoms with van der Waals surface area (Å²) in [5.41, 5.74) is 1.86. The molecule has 4 nitrogen and oxygen atoms in total. The molecular weight excluding hydrogens is 371 g/mol. The zero-order valence-electron chi connectivity index (χ0n) is 12.7. The summed E-state index contributed by atoms with van der Waals surface area (Å²) in [5, 5.41) is 14.1. The van der Waals surface area contributed by atoms with Crippen molar-refractivity contribution in [2.75, 3.05) is 6.61 Å². The Morgan fingerprint density at radius 2 is 1.95 bits per heavy atom. The number of aromatic nitrogens is 2. The van der Waals surface area contributed by atoms with Gasteiger partial charge in [-0.1, -0.05) is 20.8 Å². The van der Waals surface area contributed by atoms with Crippen molar-refractivity contribution in [3.05, 3.63) is 15.0 Å². The first-order chi connectivity index (χ1) is 8.60. The van der Waals surface area contributed by atoms with Crippen molar-refractivity contribution >= 4 is 30.9 Å². The van der Waals surface area contributed by atoms with Gasteiger partial charge in [0.25, 0.3) is 0 Å². The Kier molecular flexibility index (Phi) is 5.62. The Bertz CT molecular complexity index is 439. The van der Waals surface area contributed by atoms with Gasteiger partial charge < -0.3 is 9.53 Å². The summed E-state index contributed by atoms with van der Waals surface area (Å²) in [6, 6.07) is 0. The van der Waals surface area contributed by atoms with Gasteiger partial charge in [-0.3, -0.25) is 4.68 Å². The van der Waals surface area contributed by atoms with Crippen molar-refractivity contribution < 1.29 is 9.53 Å². The second kappa shape index (κ2) is 6.24. The van der Waals surface area contributed by atoms with Gasteiger partial charge in [-0.2, -0.15) is 5.10 Å². The van der Waals surface area contributed by atoms with Crippen molar-refractivity contribution in [3.8, 4) is 0 Å². The van der Waals surface area contributed by atoms with Gasteiger partial charge in [-0.05, 0) is 47.6 Å². The first-order valence-corrected chi connectivity index (χ1v) is 10.6. The van der Waals surface area contributed by atoms with Crippen LogP contribution in [0, 0.1) is 10.5 Å². The van der Waals surface area contributed by atoms with E-state index >= 15 is 0 Å². The van der Waals surface area contributed by atoms with E-state index in [2.05, 4.69) is 61.6 Å². The molecule has 0 spiro atoms. The SMILES string of the molecule is Cc1nn(CCO[Si](C)(C)C(C)(C)C)c(CO)c1I. The summed E-state index contributed by atoms with van der Waals surface area (Å²) in [7, 11) is -1.70. The number of aliphatic hydroxyl groups is 1. The lowest BCUT2D eigenvalue weighted by Crippen LogP contribution is -2.41. The molecule has 0 bridgehead atoms. The topological polar surface area (TPSA) is 47.3 Å². The van der Waals surface area contributed by atoms with Crippen LogP contribution in [0.1, 0.15) is 32.2 Å². The molecule has 1 aromatic rings. The van der Waals surface area contributed by atoms with E-state index in [1.807, 2.05) is 11.6 Å². The Morgan fingerprint density at radius 1 is 1.37 bits per heavy atom. The predicted octanol–water partition coefficient (Wildman–Crippen LogP) is 3.31. The van der Waals surface area contributed by atoms with E-state index in [0.29, 0.717) is 13.2 Å².